The van der Waals surface area contributed by atoms with E-state index in [-0.39, 0.29) is 5.91 Å². The van der Waals surface area contributed by atoms with Crippen LogP contribution in [0.1, 0.15) is 48.1 Å². The number of amides is 1. The third-order valence-electron chi connectivity index (χ3n) is 7.17. The number of aryl methyl sites for hydroxylation is 2. The lowest BCUT2D eigenvalue weighted by Crippen LogP contribution is -2.35. The highest BCUT2D eigenvalue weighted by Gasteiger charge is 2.26. The zero-order valence-corrected chi connectivity index (χ0v) is 23.2. The Bertz CT molecular complexity index is 1430. The molecule has 0 N–H and O–H groups in total. The number of benzene rings is 2. The van der Waals surface area contributed by atoms with E-state index < -0.39 is 0 Å². The molecule has 0 saturated carbocycles. The molecule has 0 aliphatic carbocycles. The van der Waals surface area contributed by atoms with Crippen LogP contribution in [0.3, 0.4) is 0 Å². The summed E-state index contributed by atoms with van der Waals surface area (Å²) in [6.07, 6.45) is 3.74. The van der Waals surface area contributed by atoms with Gasteiger partial charge in [-0.2, -0.15) is 5.10 Å². The fraction of sp³-hybridized carbons (Fsp3) is 0.400. The van der Waals surface area contributed by atoms with Crippen LogP contribution in [0.2, 0.25) is 0 Å². The van der Waals surface area contributed by atoms with Gasteiger partial charge in [0.1, 0.15) is 23.1 Å². The van der Waals surface area contributed by atoms with Crippen LogP contribution >= 0.6 is 0 Å². The van der Waals surface area contributed by atoms with Crippen molar-refractivity contribution in [2.45, 2.75) is 39.5 Å². The van der Waals surface area contributed by atoms with Gasteiger partial charge in [-0.3, -0.25) is 4.79 Å². The molecule has 1 saturated heterocycles. The first-order chi connectivity index (χ1) is 19.0. The van der Waals surface area contributed by atoms with Crippen molar-refractivity contribution in [2.75, 3.05) is 45.3 Å². The van der Waals surface area contributed by atoms with Crippen LogP contribution < -0.4 is 14.4 Å². The molecule has 0 atom stereocenters. The van der Waals surface area contributed by atoms with Gasteiger partial charge in [0.05, 0.1) is 31.0 Å². The summed E-state index contributed by atoms with van der Waals surface area (Å²) < 4.78 is 12.7. The first kappa shape index (κ1) is 26.5. The van der Waals surface area contributed by atoms with Gasteiger partial charge < -0.3 is 19.3 Å². The Kier molecular flexibility index (Phi) is 7.95. The van der Waals surface area contributed by atoms with Gasteiger partial charge in [0, 0.05) is 44.2 Å². The van der Waals surface area contributed by atoms with Gasteiger partial charge in [0.2, 0.25) is 0 Å². The molecule has 2 aromatic carbocycles. The highest BCUT2D eigenvalue weighted by molar-refractivity contribution is 5.95. The van der Waals surface area contributed by atoms with Crippen molar-refractivity contribution in [3.63, 3.8) is 0 Å². The van der Waals surface area contributed by atoms with E-state index in [9.17, 15) is 4.79 Å². The Morgan fingerprint density at radius 2 is 1.69 bits per heavy atom. The Labute approximate surface area is 229 Å². The minimum atomic E-state index is -0.0291. The molecule has 1 aliphatic heterocycles. The van der Waals surface area contributed by atoms with Crippen molar-refractivity contribution in [1.29, 1.82) is 0 Å². The normalized spacial score (nSPS) is 13.9. The SMILES string of the molecule is CCCCc1nc(N2CCCN(C(=O)c3cc(OC)cc(OC)c3)CC2)c2c(C)nn(-c3ccccc3)c2n1. The highest BCUT2D eigenvalue weighted by Crippen LogP contribution is 2.30. The van der Waals surface area contributed by atoms with Crippen molar-refractivity contribution >= 4 is 22.8 Å². The lowest BCUT2D eigenvalue weighted by molar-refractivity contribution is 0.0766. The number of carbonyl (C=O) groups is 1. The van der Waals surface area contributed by atoms with Crippen molar-refractivity contribution in [3.8, 4) is 17.2 Å². The van der Waals surface area contributed by atoms with E-state index in [2.05, 4.69) is 11.8 Å². The number of hydrogen-bond acceptors (Lipinski definition) is 7. The summed E-state index contributed by atoms with van der Waals surface area (Å²) in [5.41, 5.74) is 3.26. The average Bonchev–Trinajstić information content (AvgIpc) is 3.14. The Morgan fingerprint density at radius 3 is 2.38 bits per heavy atom. The quantitative estimate of drug-likeness (QED) is 0.324. The molecule has 9 heteroatoms. The second-order valence-corrected chi connectivity index (χ2v) is 9.83. The number of methoxy groups -OCH3 is 2. The number of rotatable bonds is 8. The van der Waals surface area contributed by atoms with Gasteiger partial charge in [0.25, 0.3) is 5.91 Å². The highest BCUT2D eigenvalue weighted by atomic mass is 16.5. The number of carbonyl (C=O) groups excluding carboxylic acids is 1. The smallest absolute Gasteiger partial charge is 0.254 e. The van der Waals surface area contributed by atoms with Crippen LogP contribution in [-0.2, 0) is 6.42 Å². The van der Waals surface area contributed by atoms with Gasteiger partial charge in [0.15, 0.2) is 5.65 Å². The molecule has 39 heavy (non-hydrogen) atoms. The lowest BCUT2D eigenvalue weighted by Gasteiger charge is -2.24. The number of unbranched alkanes of at least 4 members (excludes halogenated alkanes) is 1. The fourth-order valence-electron chi connectivity index (χ4n) is 5.08. The summed E-state index contributed by atoms with van der Waals surface area (Å²) in [6, 6.07) is 15.4. The van der Waals surface area contributed by atoms with E-state index >= 15 is 0 Å². The summed E-state index contributed by atoms with van der Waals surface area (Å²) >= 11 is 0. The minimum absolute atomic E-state index is 0.0291. The molecule has 1 fully saturated rings. The maximum Gasteiger partial charge on any atom is 0.254 e. The number of nitrogens with zero attached hydrogens (tertiary/aromatic N) is 6. The molecule has 3 heterocycles. The minimum Gasteiger partial charge on any atom is -0.497 e. The third kappa shape index (κ3) is 5.53. The molecular formula is C30H36N6O3. The molecule has 0 bridgehead atoms. The van der Waals surface area contributed by atoms with Crippen LogP contribution in [0.25, 0.3) is 16.7 Å². The Morgan fingerprint density at radius 1 is 0.949 bits per heavy atom. The topological polar surface area (TPSA) is 85.6 Å². The van der Waals surface area contributed by atoms with Crippen molar-refractivity contribution in [3.05, 3.63) is 65.6 Å². The van der Waals surface area contributed by atoms with E-state index in [0.717, 1.165) is 66.3 Å². The predicted molar refractivity (Wildman–Crippen MR) is 152 cm³/mol. The van der Waals surface area contributed by atoms with Crippen LogP contribution in [0.15, 0.2) is 48.5 Å². The van der Waals surface area contributed by atoms with Crippen LogP contribution in [0.4, 0.5) is 5.82 Å². The first-order valence-corrected chi connectivity index (χ1v) is 13.6. The van der Waals surface area contributed by atoms with Gasteiger partial charge >= 0.3 is 0 Å². The maximum atomic E-state index is 13.5. The molecule has 2 aromatic heterocycles. The lowest BCUT2D eigenvalue weighted by atomic mass is 10.1. The third-order valence-corrected chi connectivity index (χ3v) is 7.17. The fourth-order valence-corrected chi connectivity index (χ4v) is 5.08. The predicted octanol–water partition coefficient (Wildman–Crippen LogP) is 4.84. The summed E-state index contributed by atoms with van der Waals surface area (Å²) in [7, 11) is 3.18. The second kappa shape index (κ2) is 11.7. The molecule has 1 aliphatic rings. The van der Waals surface area contributed by atoms with Crippen molar-refractivity contribution < 1.29 is 14.3 Å². The molecule has 5 rings (SSSR count). The van der Waals surface area contributed by atoms with E-state index in [1.54, 1.807) is 32.4 Å². The first-order valence-electron chi connectivity index (χ1n) is 13.6. The summed E-state index contributed by atoms with van der Waals surface area (Å²) in [6.45, 7) is 6.90. The Hall–Kier alpha value is -4.14. The zero-order chi connectivity index (χ0) is 27.4. The second-order valence-electron chi connectivity index (χ2n) is 9.83. The molecule has 0 spiro atoms. The standard InChI is InChI=1S/C30H36N6O3/c1-5-6-13-26-31-28(27-21(2)33-36(29(27)32-26)23-11-8-7-9-12-23)34-14-10-15-35(17-16-34)30(37)22-18-24(38-3)20-25(19-22)39-4/h7-9,11-12,18-20H,5-6,10,13-17H2,1-4H3. The van der Waals surface area contributed by atoms with Crippen LogP contribution in [0.5, 0.6) is 11.5 Å². The van der Waals surface area contributed by atoms with Crippen LogP contribution in [-0.4, -0.2) is 71.0 Å². The zero-order valence-electron chi connectivity index (χ0n) is 23.2. The number of para-hydroxylation sites is 1. The van der Waals surface area contributed by atoms with E-state index in [1.807, 2.05) is 46.8 Å². The van der Waals surface area contributed by atoms with E-state index in [0.29, 0.717) is 36.7 Å². The van der Waals surface area contributed by atoms with Gasteiger partial charge in [-0.1, -0.05) is 31.5 Å². The summed E-state index contributed by atoms with van der Waals surface area (Å²) in [5, 5.41) is 5.84. The van der Waals surface area contributed by atoms with Crippen molar-refractivity contribution in [2.24, 2.45) is 0 Å². The van der Waals surface area contributed by atoms with E-state index in [1.165, 1.54) is 0 Å². The summed E-state index contributed by atoms with van der Waals surface area (Å²) in [5.74, 6) is 2.91. The molecule has 0 unspecified atom stereocenters. The van der Waals surface area contributed by atoms with Gasteiger partial charge in [-0.05, 0) is 44.0 Å². The average molecular weight is 529 g/mol. The van der Waals surface area contributed by atoms with Crippen molar-refractivity contribution in [1.82, 2.24) is 24.6 Å². The monoisotopic (exact) mass is 528 g/mol. The maximum absolute atomic E-state index is 13.5. The number of ether oxygens (including phenoxy) is 2. The number of hydrogen-bond donors (Lipinski definition) is 0. The largest absolute Gasteiger partial charge is 0.497 e. The van der Waals surface area contributed by atoms with E-state index in [4.69, 9.17) is 24.5 Å². The number of fused-ring (bicyclic) bond motifs is 1. The molecule has 9 nitrogen and oxygen atoms in total. The molecular weight excluding hydrogens is 492 g/mol. The molecule has 0 radical (unpaired) electrons. The Balaban J connectivity index is 1.47. The van der Waals surface area contributed by atoms with Crippen LogP contribution in [0, 0.1) is 6.92 Å². The molecule has 1 amide bonds. The molecule has 4 aromatic rings. The van der Waals surface area contributed by atoms with Gasteiger partial charge in [-0.25, -0.2) is 14.6 Å². The molecule has 204 valence electrons. The number of anilines is 1. The van der Waals surface area contributed by atoms with Gasteiger partial charge in [-0.15, -0.1) is 0 Å². The number of aromatic nitrogens is 4. The summed E-state index contributed by atoms with van der Waals surface area (Å²) in [4.78, 5) is 27.7.